The van der Waals surface area contributed by atoms with Gasteiger partial charge in [-0.3, -0.25) is 0 Å². The minimum Gasteiger partial charge on any atom is -0.478 e. The molecule has 4 nitrogen and oxygen atoms in total. The lowest BCUT2D eigenvalue weighted by Crippen LogP contribution is -2.15. The highest BCUT2D eigenvalue weighted by atomic mass is 16.5. The topological polar surface area (TPSA) is 63.6 Å². The van der Waals surface area contributed by atoms with Crippen LogP contribution < -0.4 is 0 Å². The van der Waals surface area contributed by atoms with Crippen LogP contribution in [0.4, 0.5) is 0 Å². The molecule has 2 aromatic carbocycles. The molecule has 1 atom stereocenters. The molecule has 4 heteroatoms. The zero-order valence-electron chi connectivity index (χ0n) is 12.4. The highest BCUT2D eigenvalue weighted by Gasteiger charge is 2.18. The lowest BCUT2D eigenvalue weighted by Gasteiger charge is -2.16. The summed E-state index contributed by atoms with van der Waals surface area (Å²) in [7, 11) is 0. The third kappa shape index (κ3) is 3.73. The Bertz CT molecular complexity index is 649. The molecule has 114 valence electrons. The molecular weight excluding hydrogens is 280 g/mol. The van der Waals surface area contributed by atoms with E-state index in [1.807, 2.05) is 37.3 Å². The molecule has 2 aromatic rings. The molecule has 0 aliphatic heterocycles. The number of carboxylic acids is 1. The predicted molar refractivity (Wildman–Crippen MR) is 83.2 cm³/mol. The van der Waals surface area contributed by atoms with Gasteiger partial charge in [0, 0.05) is 5.92 Å². The number of esters is 1. The number of ether oxygens (including phenoxy) is 1. The highest BCUT2D eigenvalue weighted by Crippen LogP contribution is 2.20. The van der Waals surface area contributed by atoms with Gasteiger partial charge in [0.2, 0.25) is 0 Å². The SMILES string of the molecule is CC[C@H](COC(=O)c1ccccc1C(=O)O)c1ccccc1. The molecule has 0 bridgehead atoms. The van der Waals surface area contributed by atoms with E-state index in [0.29, 0.717) is 0 Å². The number of carboxylic acid groups (broad SMARTS) is 1. The van der Waals surface area contributed by atoms with Crippen molar-refractivity contribution in [3.05, 3.63) is 71.3 Å². The average molecular weight is 298 g/mol. The van der Waals surface area contributed by atoms with E-state index >= 15 is 0 Å². The molecule has 0 unspecified atom stereocenters. The fourth-order valence-corrected chi connectivity index (χ4v) is 2.28. The van der Waals surface area contributed by atoms with Crippen molar-refractivity contribution in [3.8, 4) is 0 Å². The van der Waals surface area contributed by atoms with Crippen LogP contribution in [0.5, 0.6) is 0 Å². The minimum atomic E-state index is -1.14. The summed E-state index contributed by atoms with van der Waals surface area (Å²) in [5, 5.41) is 9.11. The van der Waals surface area contributed by atoms with Crippen LogP contribution in [0, 0.1) is 0 Å². The molecule has 0 aliphatic carbocycles. The number of aromatic carboxylic acids is 1. The maximum absolute atomic E-state index is 12.1. The van der Waals surface area contributed by atoms with E-state index in [0.717, 1.165) is 12.0 Å². The Balaban J connectivity index is 2.08. The second kappa shape index (κ2) is 7.41. The van der Waals surface area contributed by atoms with Gasteiger partial charge in [-0.1, -0.05) is 49.4 Å². The first-order chi connectivity index (χ1) is 10.6. The van der Waals surface area contributed by atoms with Crippen LogP contribution in [0.3, 0.4) is 0 Å². The fourth-order valence-electron chi connectivity index (χ4n) is 2.28. The van der Waals surface area contributed by atoms with E-state index < -0.39 is 11.9 Å². The van der Waals surface area contributed by atoms with E-state index in [1.54, 1.807) is 12.1 Å². The normalized spacial score (nSPS) is 11.7. The quantitative estimate of drug-likeness (QED) is 0.825. The molecule has 2 rings (SSSR count). The highest BCUT2D eigenvalue weighted by molar-refractivity contribution is 6.02. The van der Waals surface area contributed by atoms with Gasteiger partial charge in [0.15, 0.2) is 0 Å². The molecule has 0 fully saturated rings. The van der Waals surface area contributed by atoms with Gasteiger partial charge < -0.3 is 9.84 Å². The molecule has 0 spiro atoms. The van der Waals surface area contributed by atoms with Gasteiger partial charge in [0.25, 0.3) is 0 Å². The van der Waals surface area contributed by atoms with Crippen molar-refractivity contribution in [2.24, 2.45) is 0 Å². The van der Waals surface area contributed by atoms with Crippen LogP contribution in [-0.2, 0) is 4.74 Å². The van der Waals surface area contributed by atoms with Crippen molar-refractivity contribution in [2.45, 2.75) is 19.3 Å². The summed E-state index contributed by atoms with van der Waals surface area (Å²) in [5.74, 6) is -1.64. The smallest absolute Gasteiger partial charge is 0.339 e. The van der Waals surface area contributed by atoms with Gasteiger partial charge >= 0.3 is 11.9 Å². The van der Waals surface area contributed by atoms with Gasteiger partial charge in [-0.15, -0.1) is 0 Å². The van der Waals surface area contributed by atoms with E-state index in [4.69, 9.17) is 9.84 Å². The average Bonchev–Trinajstić information content (AvgIpc) is 2.56. The zero-order valence-corrected chi connectivity index (χ0v) is 12.4. The van der Waals surface area contributed by atoms with Gasteiger partial charge in [0.1, 0.15) is 0 Å². The van der Waals surface area contributed by atoms with E-state index in [-0.39, 0.29) is 23.7 Å². The fraction of sp³-hybridized carbons (Fsp3) is 0.222. The lowest BCUT2D eigenvalue weighted by atomic mass is 9.97. The molecule has 1 N–H and O–H groups in total. The molecule has 0 saturated carbocycles. The van der Waals surface area contributed by atoms with E-state index in [9.17, 15) is 9.59 Å². The Morgan fingerprint density at radius 1 is 1.00 bits per heavy atom. The number of carbonyl (C=O) groups excluding carboxylic acids is 1. The maximum atomic E-state index is 12.1. The number of hydrogen-bond acceptors (Lipinski definition) is 3. The van der Waals surface area contributed by atoms with Crippen LogP contribution in [0.1, 0.15) is 45.5 Å². The minimum absolute atomic E-state index is 0.0414. The maximum Gasteiger partial charge on any atom is 0.339 e. The monoisotopic (exact) mass is 298 g/mol. The van der Waals surface area contributed by atoms with Crippen molar-refractivity contribution in [1.82, 2.24) is 0 Å². The summed E-state index contributed by atoms with van der Waals surface area (Å²) < 4.78 is 5.32. The first-order valence-corrected chi connectivity index (χ1v) is 7.17. The summed E-state index contributed by atoms with van der Waals surface area (Å²) in [6.07, 6.45) is 0.831. The largest absolute Gasteiger partial charge is 0.478 e. The van der Waals surface area contributed by atoms with Crippen LogP contribution in [-0.4, -0.2) is 23.7 Å². The standard InChI is InChI=1S/C18H18O4/c1-2-13(14-8-4-3-5-9-14)12-22-18(21)16-11-7-6-10-15(16)17(19)20/h3-11,13H,2,12H2,1H3,(H,19,20)/t13-/m1/s1. The summed E-state index contributed by atoms with van der Waals surface area (Å²) in [4.78, 5) is 23.3. The number of benzene rings is 2. The first-order valence-electron chi connectivity index (χ1n) is 7.17. The second-order valence-corrected chi connectivity index (χ2v) is 4.97. The molecule has 0 radical (unpaired) electrons. The summed E-state index contributed by atoms with van der Waals surface area (Å²) >= 11 is 0. The van der Waals surface area contributed by atoms with E-state index in [1.165, 1.54) is 12.1 Å². The van der Waals surface area contributed by atoms with Crippen LogP contribution in [0.25, 0.3) is 0 Å². The van der Waals surface area contributed by atoms with Gasteiger partial charge in [-0.05, 0) is 24.1 Å². The van der Waals surface area contributed by atoms with Crippen LogP contribution in [0.2, 0.25) is 0 Å². The number of carbonyl (C=O) groups is 2. The van der Waals surface area contributed by atoms with Crippen molar-refractivity contribution < 1.29 is 19.4 Å². The number of rotatable bonds is 6. The summed E-state index contributed by atoms with van der Waals surface area (Å²) in [5.41, 5.74) is 1.14. The van der Waals surface area contributed by atoms with Crippen molar-refractivity contribution in [3.63, 3.8) is 0 Å². The second-order valence-electron chi connectivity index (χ2n) is 4.97. The van der Waals surface area contributed by atoms with Gasteiger partial charge in [-0.25, -0.2) is 9.59 Å². The Morgan fingerprint density at radius 3 is 2.18 bits per heavy atom. The Hall–Kier alpha value is -2.62. The Morgan fingerprint density at radius 2 is 1.59 bits per heavy atom. The van der Waals surface area contributed by atoms with Crippen LogP contribution in [0.15, 0.2) is 54.6 Å². The van der Waals surface area contributed by atoms with Gasteiger partial charge in [-0.2, -0.15) is 0 Å². The third-order valence-electron chi connectivity index (χ3n) is 3.56. The molecule has 0 aliphatic rings. The Kier molecular flexibility index (Phi) is 5.31. The molecule has 0 heterocycles. The zero-order chi connectivity index (χ0) is 15.9. The van der Waals surface area contributed by atoms with E-state index in [2.05, 4.69) is 0 Å². The summed E-state index contributed by atoms with van der Waals surface area (Å²) in [6.45, 7) is 2.25. The van der Waals surface area contributed by atoms with Gasteiger partial charge in [0.05, 0.1) is 17.7 Å². The molecule has 0 saturated heterocycles. The van der Waals surface area contributed by atoms with Crippen molar-refractivity contribution in [2.75, 3.05) is 6.61 Å². The lowest BCUT2D eigenvalue weighted by molar-refractivity contribution is 0.0468. The predicted octanol–water partition coefficient (Wildman–Crippen LogP) is 3.74. The Labute approximate surface area is 129 Å². The molecule has 0 aromatic heterocycles. The molecular formula is C18H18O4. The van der Waals surface area contributed by atoms with Crippen molar-refractivity contribution in [1.29, 1.82) is 0 Å². The first kappa shape index (κ1) is 15.8. The number of hydrogen-bond donors (Lipinski definition) is 1. The molecule has 22 heavy (non-hydrogen) atoms. The molecule has 0 amide bonds. The summed E-state index contributed by atoms with van der Waals surface area (Å²) in [6, 6.07) is 15.9. The van der Waals surface area contributed by atoms with Crippen LogP contribution >= 0.6 is 0 Å². The van der Waals surface area contributed by atoms with Crippen molar-refractivity contribution >= 4 is 11.9 Å². The third-order valence-corrected chi connectivity index (χ3v) is 3.56.